The fraction of sp³-hybridized carbons (Fsp3) is 0.214. The van der Waals surface area contributed by atoms with Gasteiger partial charge in [0.1, 0.15) is 5.69 Å². The van der Waals surface area contributed by atoms with Crippen LogP contribution in [0.2, 0.25) is 0 Å². The number of anilines is 1. The largest absolute Gasteiger partial charge is 0.355 e. The molecule has 0 saturated carbocycles. The Kier molecular flexibility index (Phi) is 4.68. The number of nitrogens with zero attached hydrogens (tertiary/aromatic N) is 2. The summed E-state index contributed by atoms with van der Waals surface area (Å²) in [7, 11) is 1.57. The second kappa shape index (κ2) is 6.67. The Labute approximate surface area is 122 Å². The van der Waals surface area contributed by atoms with Gasteiger partial charge in [0.25, 0.3) is 11.8 Å². The van der Waals surface area contributed by atoms with Crippen molar-refractivity contribution >= 4 is 17.5 Å². The number of hydrogen-bond donors (Lipinski definition) is 3. The van der Waals surface area contributed by atoms with Crippen LogP contribution in [-0.2, 0) is 6.54 Å². The van der Waals surface area contributed by atoms with Crippen LogP contribution in [0, 0.1) is 0 Å². The summed E-state index contributed by atoms with van der Waals surface area (Å²) in [5.41, 5.74) is 6.88. The average Bonchev–Trinajstić information content (AvgIpc) is 2.96. The molecular weight excluding hydrogens is 270 g/mol. The highest BCUT2D eigenvalue weighted by Crippen LogP contribution is 2.11. The first kappa shape index (κ1) is 14.7. The molecule has 2 rings (SSSR count). The third-order valence-electron chi connectivity index (χ3n) is 2.89. The first-order valence-electron chi connectivity index (χ1n) is 6.49. The number of rotatable bonds is 5. The van der Waals surface area contributed by atoms with E-state index in [0.29, 0.717) is 30.0 Å². The minimum Gasteiger partial charge on any atom is -0.355 e. The van der Waals surface area contributed by atoms with Crippen LogP contribution in [0.4, 0.5) is 5.69 Å². The van der Waals surface area contributed by atoms with E-state index in [-0.39, 0.29) is 11.8 Å². The van der Waals surface area contributed by atoms with Crippen molar-refractivity contribution in [2.75, 3.05) is 18.9 Å². The maximum Gasteiger partial charge on any atom is 0.275 e. The van der Waals surface area contributed by atoms with Crippen molar-refractivity contribution < 1.29 is 9.59 Å². The van der Waals surface area contributed by atoms with Crippen molar-refractivity contribution in [1.82, 2.24) is 14.9 Å². The van der Waals surface area contributed by atoms with Crippen molar-refractivity contribution in [3.05, 3.63) is 48.0 Å². The first-order valence-corrected chi connectivity index (χ1v) is 6.49. The third-order valence-corrected chi connectivity index (χ3v) is 2.89. The molecule has 1 aromatic heterocycles. The zero-order chi connectivity index (χ0) is 15.2. The monoisotopic (exact) mass is 287 g/mol. The predicted molar refractivity (Wildman–Crippen MR) is 79.1 cm³/mol. The van der Waals surface area contributed by atoms with E-state index in [1.165, 1.54) is 0 Å². The van der Waals surface area contributed by atoms with E-state index in [1.807, 2.05) is 0 Å². The van der Waals surface area contributed by atoms with E-state index in [1.54, 1.807) is 48.4 Å². The number of carbonyl (C=O) groups is 2. The second-order valence-corrected chi connectivity index (χ2v) is 4.40. The summed E-state index contributed by atoms with van der Waals surface area (Å²) in [6.45, 7) is 1.10. The van der Waals surface area contributed by atoms with Crippen LogP contribution in [0.1, 0.15) is 20.8 Å². The molecule has 2 amide bonds. The highest BCUT2D eigenvalue weighted by molar-refractivity contribution is 6.03. The van der Waals surface area contributed by atoms with Gasteiger partial charge in [-0.1, -0.05) is 0 Å². The minimum atomic E-state index is -0.307. The Bertz CT molecular complexity index is 633. The molecule has 0 aliphatic carbocycles. The molecule has 0 bridgehead atoms. The van der Waals surface area contributed by atoms with Crippen molar-refractivity contribution in [2.24, 2.45) is 5.73 Å². The molecule has 2 aromatic rings. The van der Waals surface area contributed by atoms with Gasteiger partial charge in [-0.2, -0.15) is 0 Å². The average molecular weight is 287 g/mol. The predicted octanol–water partition coefficient (Wildman–Crippen LogP) is 0.454. The van der Waals surface area contributed by atoms with Crippen molar-refractivity contribution in [3.8, 4) is 0 Å². The Morgan fingerprint density at radius 1 is 1.24 bits per heavy atom. The first-order chi connectivity index (χ1) is 10.1. The Balaban J connectivity index is 2.03. The molecule has 7 nitrogen and oxygen atoms in total. The maximum absolute atomic E-state index is 12.0. The standard InChI is InChI=1S/C14H17N5O2/c1-16-13(20)10-2-4-11(5-3-10)18-14(21)12-8-19(7-6-15)9-17-12/h2-5,8-9H,6-7,15H2,1H3,(H,16,20)(H,18,21). The van der Waals surface area contributed by atoms with Crippen LogP contribution in [0.5, 0.6) is 0 Å². The normalized spacial score (nSPS) is 10.2. The van der Waals surface area contributed by atoms with E-state index in [4.69, 9.17) is 5.73 Å². The van der Waals surface area contributed by atoms with Gasteiger partial charge in [-0.05, 0) is 24.3 Å². The zero-order valence-electron chi connectivity index (χ0n) is 11.7. The Morgan fingerprint density at radius 2 is 1.95 bits per heavy atom. The SMILES string of the molecule is CNC(=O)c1ccc(NC(=O)c2cn(CCN)cn2)cc1. The summed E-state index contributed by atoms with van der Waals surface area (Å²) in [6, 6.07) is 6.61. The summed E-state index contributed by atoms with van der Waals surface area (Å²) < 4.78 is 1.75. The number of hydrogen-bond acceptors (Lipinski definition) is 4. The van der Waals surface area contributed by atoms with E-state index >= 15 is 0 Å². The smallest absolute Gasteiger partial charge is 0.275 e. The van der Waals surface area contributed by atoms with E-state index in [0.717, 1.165) is 0 Å². The number of nitrogens with two attached hydrogens (primary N) is 1. The number of benzene rings is 1. The summed E-state index contributed by atoms with van der Waals surface area (Å²) in [6.07, 6.45) is 3.21. The van der Waals surface area contributed by atoms with Crippen LogP contribution in [0.25, 0.3) is 0 Å². The van der Waals surface area contributed by atoms with Crippen molar-refractivity contribution in [1.29, 1.82) is 0 Å². The molecule has 7 heteroatoms. The molecule has 4 N–H and O–H groups in total. The summed E-state index contributed by atoms with van der Waals surface area (Å²) in [5, 5.41) is 5.25. The maximum atomic E-state index is 12.0. The number of amides is 2. The molecule has 0 atom stereocenters. The number of nitrogens with one attached hydrogen (secondary N) is 2. The quantitative estimate of drug-likeness (QED) is 0.743. The fourth-order valence-corrected chi connectivity index (χ4v) is 1.79. The Morgan fingerprint density at radius 3 is 2.57 bits per heavy atom. The van der Waals surface area contributed by atoms with Crippen LogP contribution < -0.4 is 16.4 Å². The molecule has 21 heavy (non-hydrogen) atoms. The highest BCUT2D eigenvalue weighted by atomic mass is 16.2. The molecule has 0 unspecified atom stereocenters. The Hall–Kier alpha value is -2.67. The van der Waals surface area contributed by atoms with Crippen LogP contribution >= 0.6 is 0 Å². The lowest BCUT2D eigenvalue weighted by Crippen LogP contribution is -2.18. The minimum absolute atomic E-state index is 0.173. The van der Waals surface area contributed by atoms with Gasteiger partial charge in [0.05, 0.1) is 6.33 Å². The third kappa shape index (κ3) is 3.67. The van der Waals surface area contributed by atoms with E-state index in [2.05, 4.69) is 15.6 Å². The molecule has 1 heterocycles. The summed E-state index contributed by atoms with van der Waals surface area (Å²) >= 11 is 0. The molecule has 0 saturated heterocycles. The number of imidazole rings is 1. The van der Waals surface area contributed by atoms with Gasteiger partial charge < -0.3 is 20.9 Å². The second-order valence-electron chi connectivity index (χ2n) is 4.40. The zero-order valence-corrected chi connectivity index (χ0v) is 11.7. The number of aromatic nitrogens is 2. The summed E-state index contributed by atoms with van der Waals surface area (Å²) in [4.78, 5) is 27.4. The van der Waals surface area contributed by atoms with Gasteiger partial charge in [0.2, 0.25) is 0 Å². The topological polar surface area (TPSA) is 102 Å². The van der Waals surface area contributed by atoms with Gasteiger partial charge >= 0.3 is 0 Å². The van der Waals surface area contributed by atoms with Gasteiger partial charge in [0.15, 0.2) is 0 Å². The van der Waals surface area contributed by atoms with Crippen molar-refractivity contribution in [3.63, 3.8) is 0 Å². The molecule has 0 aliphatic rings. The van der Waals surface area contributed by atoms with Gasteiger partial charge in [0, 0.05) is 37.6 Å². The fourth-order valence-electron chi connectivity index (χ4n) is 1.79. The molecular formula is C14H17N5O2. The lowest BCUT2D eigenvalue weighted by molar-refractivity contribution is 0.0962. The van der Waals surface area contributed by atoms with Gasteiger partial charge in [-0.3, -0.25) is 9.59 Å². The molecule has 0 aliphatic heterocycles. The van der Waals surface area contributed by atoms with Gasteiger partial charge in [-0.25, -0.2) is 4.98 Å². The van der Waals surface area contributed by atoms with Gasteiger partial charge in [-0.15, -0.1) is 0 Å². The highest BCUT2D eigenvalue weighted by Gasteiger charge is 2.10. The lowest BCUT2D eigenvalue weighted by atomic mass is 10.2. The molecule has 0 radical (unpaired) electrons. The van der Waals surface area contributed by atoms with E-state index < -0.39 is 0 Å². The molecule has 1 aromatic carbocycles. The van der Waals surface area contributed by atoms with Crippen LogP contribution in [0.3, 0.4) is 0 Å². The molecule has 0 fully saturated rings. The van der Waals surface area contributed by atoms with Crippen LogP contribution in [0.15, 0.2) is 36.8 Å². The molecule has 0 spiro atoms. The number of carbonyl (C=O) groups excluding carboxylic acids is 2. The lowest BCUT2D eigenvalue weighted by Gasteiger charge is -2.04. The van der Waals surface area contributed by atoms with E-state index in [9.17, 15) is 9.59 Å². The summed E-state index contributed by atoms with van der Waals surface area (Å²) in [5.74, 6) is -0.480. The van der Waals surface area contributed by atoms with Crippen molar-refractivity contribution in [2.45, 2.75) is 6.54 Å². The molecule has 110 valence electrons. The van der Waals surface area contributed by atoms with Crippen LogP contribution in [-0.4, -0.2) is 35.0 Å².